The zero-order chi connectivity index (χ0) is 13.0. The molecule has 1 aromatic carbocycles. The number of hydrogen-bond acceptors (Lipinski definition) is 4. The van der Waals surface area contributed by atoms with Crippen LogP contribution in [0.15, 0.2) is 24.3 Å². The molecular formula is C14H19NO3. The monoisotopic (exact) mass is 249 g/mol. The standard InChI is InChI=1S/C14H19NO3/c1-11-2-4-12(5-3-11)14(17)8-15-6-7-18-10-13(15)9-16/h2-5,13,16H,6-10H2,1H3. The second kappa shape index (κ2) is 6.09. The van der Waals surface area contributed by atoms with Crippen molar-refractivity contribution in [2.45, 2.75) is 13.0 Å². The molecule has 1 saturated heterocycles. The molecule has 0 amide bonds. The van der Waals surface area contributed by atoms with Crippen LogP contribution in [0.25, 0.3) is 0 Å². The Morgan fingerprint density at radius 3 is 2.83 bits per heavy atom. The number of morpholine rings is 1. The normalized spacial score (nSPS) is 20.9. The smallest absolute Gasteiger partial charge is 0.176 e. The van der Waals surface area contributed by atoms with Crippen molar-refractivity contribution in [1.82, 2.24) is 4.90 Å². The quantitative estimate of drug-likeness (QED) is 0.804. The molecule has 0 aromatic heterocycles. The molecule has 1 aliphatic rings. The lowest BCUT2D eigenvalue weighted by atomic mass is 10.1. The fraction of sp³-hybridized carbons (Fsp3) is 0.500. The van der Waals surface area contributed by atoms with Crippen LogP contribution in [-0.2, 0) is 4.74 Å². The molecule has 18 heavy (non-hydrogen) atoms. The molecule has 1 aliphatic heterocycles. The summed E-state index contributed by atoms with van der Waals surface area (Å²) in [4.78, 5) is 14.1. The van der Waals surface area contributed by atoms with Gasteiger partial charge in [0.25, 0.3) is 0 Å². The van der Waals surface area contributed by atoms with E-state index in [-0.39, 0.29) is 18.4 Å². The van der Waals surface area contributed by atoms with Gasteiger partial charge in [0.05, 0.1) is 32.4 Å². The molecule has 1 heterocycles. The van der Waals surface area contributed by atoms with E-state index in [2.05, 4.69) is 0 Å². The Kier molecular flexibility index (Phi) is 4.47. The first kappa shape index (κ1) is 13.2. The van der Waals surface area contributed by atoms with Gasteiger partial charge in [0.1, 0.15) is 0 Å². The minimum Gasteiger partial charge on any atom is -0.395 e. The second-order valence-electron chi connectivity index (χ2n) is 4.67. The molecule has 0 saturated carbocycles. The number of aliphatic hydroxyl groups is 1. The molecule has 0 bridgehead atoms. The number of rotatable bonds is 4. The van der Waals surface area contributed by atoms with E-state index < -0.39 is 0 Å². The number of ketones is 1. The van der Waals surface area contributed by atoms with Gasteiger partial charge in [-0.2, -0.15) is 0 Å². The van der Waals surface area contributed by atoms with Crippen molar-refractivity contribution >= 4 is 5.78 Å². The van der Waals surface area contributed by atoms with Crippen molar-refractivity contribution in [1.29, 1.82) is 0 Å². The third-order valence-electron chi connectivity index (χ3n) is 3.28. The molecule has 1 atom stereocenters. The summed E-state index contributed by atoms with van der Waals surface area (Å²) < 4.78 is 5.29. The van der Waals surface area contributed by atoms with E-state index in [0.29, 0.717) is 26.3 Å². The molecule has 0 spiro atoms. The fourth-order valence-corrected chi connectivity index (χ4v) is 2.08. The highest BCUT2D eigenvalue weighted by molar-refractivity contribution is 5.97. The number of hydrogen-bond donors (Lipinski definition) is 1. The fourth-order valence-electron chi connectivity index (χ4n) is 2.08. The largest absolute Gasteiger partial charge is 0.395 e. The van der Waals surface area contributed by atoms with Crippen LogP contribution in [0.1, 0.15) is 15.9 Å². The van der Waals surface area contributed by atoms with Crippen LogP contribution in [0.3, 0.4) is 0 Å². The Balaban J connectivity index is 1.99. The Hall–Kier alpha value is -1.23. The Morgan fingerprint density at radius 2 is 2.17 bits per heavy atom. The number of Topliss-reactive ketones (excluding diaryl/α,β-unsaturated/α-hetero) is 1. The van der Waals surface area contributed by atoms with Gasteiger partial charge < -0.3 is 9.84 Å². The topological polar surface area (TPSA) is 49.8 Å². The minimum absolute atomic E-state index is 0.0289. The van der Waals surface area contributed by atoms with Crippen molar-refractivity contribution in [3.8, 4) is 0 Å². The predicted molar refractivity (Wildman–Crippen MR) is 68.8 cm³/mol. The predicted octanol–water partition coefficient (Wildman–Crippen LogP) is 0.871. The lowest BCUT2D eigenvalue weighted by molar-refractivity contribution is -0.0240. The van der Waals surface area contributed by atoms with Crippen molar-refractivity contribution in [2.24, 2.45) is 0 Å². The zero-order valence-corrected chi connectivity index (χ0v) is 10.6. The Morgan fingerprint density at radius 1 is 1.44 bits per heavy atom. The third kappa shape index (κ3) is 3.16. The van der Waals surface area contributed by atoms with E-state index in [1.54, 1.807) is 0 Å². The van der Waals surface area contributed by atoms with Crippen LogP contribution >= 0.6 is 0 Å². The van der Waals surface area contributed by atoms with Gasteiger partial charge in [0.15, 0.2) is 5.78 Å². The molecule has 1 fully saturated rings. The average molecular weight is 249 g/mol. The number of nitrogens with zero attached hydrogens (tertiary/aromatic N) is 1. The Labute approximate surface area is 107 Å². The highest BCUT2D eigenvalue weighted by atomic mass is 16.5. The molecule has 0 aliphatic carbocycles. The number of carbonyl (C=O) groups excluding carboxylic acids is 1. The third-order valence-corrected chi connectivity index (χ3v) is 3.28. The van der Waals surface area contributed by atoms with Gasteiger partial charge in [0.2, 0.25) is 0 Å². The summed E-state index contributed by atoms with van der Waals surface area (Å²) in [6.07, 6.45) is 0. The van der Waals surface area contributed by atoms with Gasteiger partial charge in [-0.25, -0.2) is 0 Å². The van der Waals surface area contributed by atoms with Crippen LogP contribution in [0.4, 0.5) is 0 Å². The van der Waals surface area contributed by atoms with Gasteiger partial charge in [0, 0.05) is 12.1 Å². The van der Waals surface area contributed by atoms with Crippen LogP contribution in [0, 0.1) is 6.92 Å². The van der Waals surface area contributed by atoms with Crippen molar-refractivity contribution in [2.75, 3.05) is 32.9 Å². The Bertz CT molecular complexity index is 402. The van der Waals surface area contributed by atoms with Gasteiger partial charge in [-0.15, -0.1) is 0 Å². The summed E-state index contributed by atoms with van der Waals surface area (Å²) in [7, 11) is 0. The summed E-state index contributed by atoms with van der Waals surface area (Å²) in [6, 6.07) is 7.53. The van der Waals surface area contributed by atoms with Gasteiger partial charge in [-0.05, 0) is 6.92 Å². The van der Waals surface area contributed by atoms with E-state index in [0.717, 1.165) is 11.1 Å². The summed E-state index contributed by atoms with van der Waals surface area (Å²) >= 11 is 0. The lowest BCUT2D eigenvalue weighted by Gasteiger charge is -2.33. The van der Waals surface area contributed by atoms with E-state index in [4.69, 9.17) is 4.74 Å². The van der Waals surface area contributed by atoms with Crippen molar-refractivity contribution in [3.63, 3.8) is 0 Å². The van der Waals surface area contributed by atoms with Gasteiger partial charge >= 0.3 is 0 Å². The van der Waals surface area contributed by atoms with Gasteiger partial charge in [-0.3, -0.25) is 9.69 Å². The molecular weight excluding hydrogens is 230 g/mol. The highest BCUT2D eigenvalue weighted by Crippen LogP contribution is 2.10. The maximum atomic E-state index is 12.1. The summed E-state index contributed by atoms with van der Waals surface area (Å²) in [5.74, 6) is 0.0929. The first-order chi connectivity index (χ1) is 8.70. The lowest BCUT2D eigenvalue weighted by Crippen LogP contribution is -2.49. The number of benzene rings is 1. The average Bonchev–Trinajstić information content (AvgIpc) is 2.40. The summed E-state index contributed by atoms with van der Waals surface area (Å²) in [6.45, 7) is 4.19. The van der Waals surface area contributed by atoms with E-state index in [1.807, 2.05) is 36.1 Å². The minimum atomic E-state index is -0.0619. The molecule has 1 aromatic rings. The molecule has 2 rings (SSSR count). The highest BCUT2D eigenvalue weighted by Gasteiger charge is 2.24. The molecule has 98 valence electrons. The molecule has 1 N–H and O–H groups in total. The van der Waals surface area contributed by atoms with Crippen LogP contribution in [0.5, 0.6) is 0 Å². The maximum Gasteiger partial charge on any atom is 0.176 e. The molecule has 4 nitrogen and oxygen atoms in total. The van der Waals surface area contributed by atoms with E-state index in [9.17, 15) is 9.90 Å². The summed E-state index contributed by atoms with van der Waals surface area (Å²) in [5.41, 5.74) is 1.87. The van der Waals surface area contributed by atoms with E-state index >= 15 is 0 Å². The first-order valence-corrected chi connectivity index (χ1v) is 6.23. The summed E-state index contributed by atoms with van der Waals surface area (Å²) in [5, 5.41) is 9.25. The maximum absolute atomic E-state index is 12.1. The van der Waals surface area contributed by atoms with Gasteiger partial charge in [-0.1, -0.05) is 29.8 Å². The molecule has 0 radical (unpaired) electrons. The molecule has 4 heteroatoms. The number of aryl methyl sites for hydroxylation is 1. The van der Waals surface area contributed by atoms with Crippen LogP contribution in [-0.4, -0.2) is 54.7 Å². The number of carbonyl (C=O) groups is 1. The first-order valence-electron chi connectivity index (χ1n) is 6.23. The van der Waals surface area contributed by atoms with Crippen molar-refractivity contribution in [3.05, 3.63) is 35.4 Å². The zero-order valence-electron chi connectivity index (χ0n) is 10.6. The van der Waals surface area contributed by atoms with E-state index in [1.165, 1.54) is 0 Å². The second-order valence-corrected chi connectivity index (χ2v) is 4.67. The van der Waals surface area contributed by atoms with Crippen molar-refractivity contribution < 1.29 is 14.6 Å². The number of ether oxygens (including phenoxy) is 1. The van der Waals surface area contributed by atoms with Crippen LogP contribution in [0.2, 0.25) is 0 Å². The van der Waals surface area contributed by atoms with Crippen LogP contribution < -0.4 is 0 Å². The SMILES string of the molecule is Cc1ccc(C(=O)CN2CCOCC2CO)cc1. The molecule has 1 unspecified atom stereocenters. The number of aliphatic hydroxyl groups excluding tert-OH is 1.